The molecule has 1 aromatic carbocycles. The molecule has 7 heteroatoms. The van der Waals surface area contributed by atoms with E-state index in [2.05, 4.69) is 4.74 Å². The predicted molar refractivity (Wildman–Crippen MR) is 60.1 cm³/mol. The summed E-state index contributed by atoms with van der Waals surface area (Å²) in [6, 6.07) is 3.42. The average molecular weight is 274 g/mol. The van der Waals surface area contributed by atoms with Gasteiger partial charge in [0.1, 0.15) is 11.5 Å². The number of benzene rings is 1. The van der Waals surface area contributed by atoms with Crippen molar-refractivity contribution in [2.75, 3.05) is 0 Å². The number of aliphatic carboxylic acids is 1. The topological polar surface area (TPSA) is 83.8 Å². The van der Waals surface area contributed by atoms with Gasteiger partial charge in [-0.2, -0.15) is 8.78 Å². The number of rotatable bonds is 6. The molecule has 0 aromatic heterocycles. The molecule has 1 aromatic rings. The van der Waals surface area contributed by atoms with Crippen LogP contribution >= 0.6 is 0 Å². The molecule has 1 rings (SSSR count). The first-order valence-corrected chi connectivity index (χ1v) is 5.29. The highest BCUT2D eigenvalue weighted by Crippen LogP contribution is 2.26. The van der Waals surface area contributed by atoms with Gasteiger partial charge >= 0.3 is 12.6 Å². The van der Waals surface area contributed by atoms with E-state index in [4.69, 9.17) is 5.11 Å². The second-order valence-corrected chi connectivity index (χ2v) is 3.87. The molecule has 0 heterocycles. The van der Waals surface area contributed by atoms with Gasteiger partial charge in [0.2, 0.25) is 0 Å². The van der Waals surface area contributed by atoms with E-state index >= 15 is 0 Å². The number of aliphatic hydroxyl groups is 1. The molecule has 0 aliphatic carbocycles. The van der Waals surface area contributed by atoms with Gasteiger partial charge in [0.15, 0.2) is 6.10 Å². The van der Waals surface area contributed by atoms with Gasteiger partial charge in [-0.3, -0.25) is 4.79 Å². The molecule has 0 spiro atoms. The molecule has 0 radical (unpaired) electrons. The van der Waals surface area contributed by atoms with Crippen molar-refractivity contribution in [2.45, 2.75) is 26.1 Å². The summed E-state index contributed by atoms with van der Waals surface area (Å²) < 4.78 is 28.6. The molecule has 2 N–H and O–H groups in total. The first-order valence-electron chi connectivity index (χ1n) is 5.29. The highest BCUT2D eigenvalue weighted by molar-refractivity contribution is 5.79. The van der Waals surface area contributed by atoms with Crippen LogP contribution in [0.1, 0.15) is 24.2 Å². The minimum absolute atomic E-state index is 0.00892. The molecule has 0 aliphatic heterocycles. The second-order valence-electron chi connectivity index (χ2n) is 3.87. The van der Waals surface area contributed by atoms with Crippen molar-refractivity contribution < 1.29 is 33.3 Å². The monoisotopic (exact) mass is 274 g/mol. The summed E-state index contributed by atoms with van der Waals surface area (Å²) in [6.45, 7) is -1.80. The third-order valence-electron chi connectivity index (χ3n) is 2.29. The lowest BCUT2D eigenvalue weighted by Gasteiger charge is -2.13. The van der Waals surface area contributed by atoms with Crippen LogP contribution in [0.25, 0.3) is 0 Å². The average Bonchev–Trinajstić information content (AvgIpc) is 2.29. The van der Waals surface area contributed by atoms with Crippen LogP contribution in [0.15, 0.2) is 18.2 Å². The molecule has 0 amide bonds. The van der Waals surface area contributed by atoms with Crippen molar-refractivity contribution in [3.8, 4) is 5.75 Å². The first kappa shape index (κ1) is 15.0. The summed E-state index contributed by atoms with van der Waals surface area (Å²) >= 11 is 0. The predicted octanol–water partition coefficient (Wildman–Crippen LogP) is 1.54. The highest BCUT2D eigenvalue weighted by atomic mass is 19.3. The zero-order valence-electron chi connectivity index (χ0n) is 9.97. The number of Topliss-reactive ketones (excluding diaryl/α,β-unsaturated/α-hetero) is 1. The van der Waals surface area contributed by atoms with E-state index in [0.29, 0.717) is 0 Å². The Morgan fingerprint density at radius 1 is 1.37 bits per heavy atom. The normalized spacial score (nSPS) is 12.3. The van der Waals surface area contributed by atoms with Crippen molar-refractivity contribution in [1.82, 2.24) is 0 Å². The summed E-state index contributed by atoms with van der Waals surface area (Å²) in [4.78, 5) is 21.7. The maximum atomic E-state index is 12.2. The number of carboxylic acids is 1. The van der Waals surface area contributed by atoms with Gasteiger partial charge in [0.25, 0.3) is 0 Å². The molecule has 104 valence electrons. The Morgan fingerprint density at radius 2 is 2.00 bits per heavy atom. The quantitative estimate of drug-likeness (QED) is 0.822. The molecule has 0 saturated heterocycles. The van der Waals surface area contributed by atoms with Crippen molar-refractivity contribution in [3.63, 3.8) is 0 Å². The van der Waals surface area contributed by atoms with Crippen molar-refractivity contribution in [2.24, 2.45) is 0 Å². The number of hydrogen-bond donors (Lipinski definition) is 2. The van der Waals surface area contributed by atoms with Crippen LogP contribution in [-0.4, -0.2) is 28.6 Å². The van der Waals surface area contributed by atoms with Gasteiger partial charge in [-0.05, 0) is 24.6 Å². The second kappa shape index (κ2) is 6.24. The van der Waals surface area contributed by atoms with Crippen molar-refractivity contribution in [3.05, 3.63) is 29.3 Å². The van der Waals surface area contributed by atoms with Crippen LogP contribution in [0.2, 0.25) is 0 Å². The van der Waals surface area contributed by atoms with Crippen LogP contribution < -0.4 is 4.74 Å². The van der Waals surface area contributed by atoms with E-state index in [1.54, 1.807) is 0 Å². The number of alkyl halides is 2. The summed E-state index contributed by atoms with van der Waals surface area (Å²) in [5, 5.41) is 18.0. The SMILES string of the molecule is CC(=O)Cc1cc(C(O)C(=O)O)ccc1OC(F)F. The lowest BCUT2D eigenvalue weighted by molar-refractivity contribution is -0.147. The zero-order valence-corrected chi connectivity index (χ0v) is 9.97. The van der Waals surface area contributed by atoms with Crippen molar-refractivity contribution >= 4 is 11.8 Å². The molecule has 1 unspecified atom stereocenters. The Balaban J connectivity index is 3.14. The summed E-state index contributed by atoms with van der Waals surface area (Å²) in [7, 11) is 0. The third-order valence-corrected chi connectivity index (χ3v) is 2.29. The van der Waals surface area contributed by atoms with Crippen LogP contribution in [-0.2, 0) is 16.0 Å². The number of ether oxygens (including phenoxy) is 1. The van der Waals surface area contributed by atoms with Crippen LogP contribution in [0.3, 0.4) is 0 Å². The molecule has 0 bridgehead atoms. The number of carboxylic acid groups (broad SMARTS) is 1. The zero-order chi connectivity index (χ0) is 14.6. The Kier molecular flexibility index (Phi) is 4.94. The van der Waals surface area contributed by atoms with Gasteiger partial charge in [0.05, 0.1) is 0 Å². The van der Waals surface area contributed by atoms with Gasteiger partial charge in [-0.1, -0.05) is 6.07 Å². The number of aliphatic hydroxyl groups excluding tert-OH is 1. The molecule has 0 aliphatic rings. The fourth-order valence-corrected chi connectivity index (χ4v) is 1.53. The largest absolute Gasteiger partial charge is 0.479 e. The minimum atomic E-state index is -3.05. The maximum Gasteiger partial charge on any atom is 0.387 e. The number of halogens is 2. The Hall–Kier alpha value is -2.02. The molecule has 1 atom stereocenters. The van der Waals surface area contributed by atoms with Crippen LogP contribution in [0, 0.1) is 0 Å². The van der Waals surface area contributed by atoms with Gasteiger partial charge < -0.3 is 14.9 Å². The molecular formula is C12H12F2O5. The number of carbonyl (C=O) groups is 2. The third kappa shape index (κ3) is 4.29. The van der Waals surface area contributed by atoms with Crippen LogP contribution in [0.5, 0.6) is 5.75 Å². The van der Waals surface area contributed by atoms with E-state index in [-0.39, 0.29) is 29.1 Å². The van der Waals surface area contributed by atoms with E-state index in [1.165, 1.54) is 6.92 Å². The Morgan fingerprint density at radius 3 is 2.47 bits per heavy atom. The Bertz CT molecular complexity index is 487. The van der Waals surface area contributed by atoms with E-state index in [0.717, 1.165) is 18.2 Å². The lowest BCUT2D eigenvalue weighted by atomic mass is 10.0. The number of hydrogen-bond acceptors (Lipinski definition) is 4. The molecular weight excluding hydrogens is 262 g/mol. The van der Waals surface area contributed by atoms with Gasteiger partial charge in [-0.15, -0.1) is 0 Å². The van der Waals surface area contributed by atoms with E-state index in [9.17, 15) is 23.5 Å². The van der Waals surface area contributed by atoms with Gasteiger partial charge in [-0.25, -0.2) is 4.79 Å². The Labute approximate surface area is 107 Å². The summed E-state index contributed by atoms with van der Waals surface area (Å²) in [5.41, 5.74) is 0.0935. The van der Waals surface area contributed by atoms with Crippen molar-refractivity contribution in [1.29, 1.82) is 0 Å². The lowest BCUT2D eigenvalue weighted by Crippen LogP contribution is -2.12. The molecule has 19 heavy (non-hydrogen) atoms. The number of carbonyl (C=O) groups excluding carboxylic acids is 1. The summed E-state index contributed by atoms with van der Waals surface area (Å²) in [6.07, 6.45) is -1.98. The molecule has 5 nitrogen and oxygen atoms in total. The maximum absolute atomic E-state index is 12.2. The molecule has 0 fully saturated rings. The molecule has 0 saturated carbocycles. The smallest absolute Gasteiger partial charge is 0.387 e. The highest BCUT2D eigenvalue weighted by Gasteiger charge is 2.19. The van der Waals surface area contributed by atoms with E-state index in [1.807, 2.05) is 0 Å². The first-order chi connectivity index (χ1) is 8.81. The van der Waals surface area contributed by atoms with Gasteiger partial charge in [0, 0.05) is 12.0 Å². The fraction of sp³-hybridized carbons (Fsp3) is 0.333. The standard InChI is InChI=1S/C12H12F2O5/c1-6(15)4-8-5-7(10(16)11(17)18)2-3-9(8)19-12(13)14/h2-3,5,10,12,16H,4H2,1H3,(H,17,18). The minimum Gasteiger partial charge on any atom is -0.479 e. The summed E-state index contributed by atoms with van der Waals surface area (Å²) in [5.74, 6) is -2.00. The van der Waals surface area contributed by atoms with Crippen LogP contribution in [0.4, 0.5) is 8.78 Å². The van der Waals surface area contributed by atoms with E-state index < -0.39 is 18.7 Å². The number of ketones is 1. The fourth-order valence-electron chi connectivity index (χ4n) is 1.53.